The number of ketones is 1. The zero-order valence-electron chi connectivity index (χ0n) is 17.7. The highest BCUT2D eigenvalue weighted by atomic mass is 16.3. The van der Waals surface area contributed by atoms with Gasteiger partial charge in [-0.05, 0) is 44.5 Å². The van der Waals surface area contributed by atoms with Crippen LogP contribution < -0.4 is 4.90 Å². The molecule has 1 aliphatic heterocycles. The monoisotopic (exact) mass is 397 g/mol. The summed E-state index contributed by atoms with van der Waals surface area (Å²) in [4.78, 5) is 28.6. The molecule has 6 heteroatoms. The summed E-state index contributed by atoms with van der Waals surface area (Å²) < 4.78 is 5.80. The van der Waals surface area contributed by atoms with Crippen LogP contribution in [0.15, 0.2) is 40.3 Å². The van der Waals surface area contributed by atoms with Gasteiger partial charge in [-0.1, -0.05) is 17.7 Å². The maximum absolute atomic E-state index is 13.0. The van der Waals surface area contributed by atoms with Gasteiger partial charge < -0.3 is 19.3 Å². The topological polar surface area (TPSA) is 75.2 Å². The predicted molar refractivity (Wildman–Crippen MR) is 111 cm³/mol. The molecule has 0 bridgehead atoms. The Hall–Kier alpha value is -2.86. The fourth-order valence-corrected chi connectivity index (χ4v) is 3.75. The van der Waals surface area contributed by atoms with Crippen LogP contribution in [0, 0.1) is 20.8 Å². The van der Waals surface area contributed by atoms with Crippen LogP contribution in [-0.2, 0) is 9.59 Å². The van der Waals surface area contributed by atoms with Crippen molar-refractivity contribution in [3.63, 3.8) is 0 Å². The van der Waals surface area contributed by atoms with Gasteiger partial charge in [-0.25, -0.2) is 0 Å². The number of hydrogen-bond acceptors (Lipinski definition) is 4. The number of rotatable bonds is 6. The third kappa shape index (κ3) is 4.12. The van der Waals surface area contributed by atoms with Crippen LogP contribution >= 0.6 is 0 Å². The molecule has 0 spiro atoms. The summed E-state index contributed by atoms with van der Waals surface area (Å²) in [6.45, 7) is 6.89. The van der Waals surface area contributed by atoms with E-state index in [0.29, 0.717) is 23.6 Å². The maximum Gasteiger partial charge on any atom is 0.295 e. The van der Waals surface area contributed by atoms with E-state index in [2.05, 4.69) is 0 Å². The molecule has 1 aromatic heterocycles. The van der Waals surface area contributed by atoms with E-state index in [1.807, 2.05) is 53.1 Å². The molecule has 0 unspecified atom stereocenters. The quantitative estimate of drug-likeness (QED) is 0.445. The van der Waals surface area contributed by atoms with E-state index in [-0.39, 0.29) is 11.3 Å². The Morgan fingerprint density at radius 1 is 1.14 bits per heavy atom. The highest BCUT2D eigenvalue weighted by Gasteiger charge is 2.47. The number of carbonyl (C=O) groups is 2. The third-order valence-electron chi connectivity index (χ3n) is 5.29. The number of nitrogens with zero attached hydrogens (tertiary/aromatic N) is 1. The normalized spacial score (nSPS) is 18.8. The van der Waals surface area contributed by atoms with E-state index >= 15 is 0 Å². The number of aryl methyl sites for hydroxylation is 3. The summed E-state index contributed by atoms with van der Waals surface area (Å²) in [5.41, 5.74) is 2.46. The SMILES string of the molecule is Cc1ccc(C)c(C(O)=C2C(=O)C(=O)N(CCC[NH+](C)C)[C@H]2c2ccc(C)o2)c1. The third-order valence-corrected chi connectivity index (χ3v) is 5.29. The summed E-state index contributed by atoms with van der Waals surface area (Å²) in [5.74, 6) is -0.227. The van der Waals surface area contributed by atoms with Crippen molar-refractivity contribution < 1.29 is 24.0 Å². The molecule has 0 saturated carbocycles. The van der Waals surface area contributed by atoms with E-state index in [1.54, 1.807) is 12.1 Å². The first-order chi connectivity index (χ1) is 13.7. The molecule has 154 valence electrons. The van der Waals surface area contributed by atoms with Crippen molar-refractivity contribution >= 4 is 17.4 Å². The van der Waals surface area contributed by atoms with Gasteiger partial charge in [0.1, 0.15) is 23.3 Å². The van der Waals surface area contributed by atoms with Crippen molar-refractivity contribution in [1.29, 1.82) is 0 Å². The summed E-state index contributed by atoms with van der Waals surface area (Å²) in [6, 6.07) is 8.52. The number of aliphatic hydroxyl groups is 1. The van der Waals surface area contributed by atoms with Gasteiger partial charge >= 0.3 is 0 Å². The van der Waals surface area contributed by atoms with Gasteiger partial charge in [0.2, 0.25) is 0 Å². The summed E-state index contributed by atoms with van der Waals surface area (Å²) in [7, 11) is 4.09. The van der Waals surface area contributed by atoms with Crippen molar-refractivity contribution in [3.8, 4) is 0 Å². The Bertz CT molecular complexity index is 971. The fraction of sp³-hybridized carbons (Fsp3) is 0.391. The first kappa shape index (κ1) is 20.9. The number of carbonyl (C=O) groups excluding carboxylic acids is 2. The summed E-state index contributed by atoms with van der Waals surface area (Å²) in [6.07, 6.45) is 0.745. The Kier molecular flexibility index (Phi) is 5.94. The standard InChI is InChI=1S/C23H28N2O4/c1-14-7-8-15(2)17(13-14)21(26)19-20(18-10-9-16(3)29-18)25(23(28)22(19)27)12-6-11-24(4)5/h7-10,13,20,26H,6,11-12H2,1-5H3/p+1/t20-/m0/s1. The van der Waals surface area contributed by atoms with Crippen molar-refractivity contribution in [2.24, 2.45) is 0 Å². The van der Waals surface area contributed by atoms with Gasteiger partial charge in [0.25, 0.3) is 11.7 Å². The number of nitrogens with one attached hydrogen (secondary N) is 1. The second-order valence-electron chi connectivity index (χ2n) is 8.07. The molecule has 3 rings (SSSR count). The van der Waals surface area contributed by atoms with Gasteiger partial charge in [0.15, 0.2) is 0 Å². The maximum atomic E-state index is 13.0. The minimum Gasteiger partial charge on any atom is -0.507 e. The van der Waals surface area contributed by atoms with Crippen molar-refractivity contribution in [2.75, 3.05) is 27.2 Å². The van der Waals surface area contributed by atoms with Crippen LogP contribution in [0.4, 0.5) is 0 Å². The average molecular weight is 397 g/mol. The van der Waals surface area contributed by atoms with Gasteiger partial charge in [0.05, 0.1) is 26.2 Å². The minimum atomic E-state index is -0.722. The first-order valence-electron chi connectivity index (χ1n) is 9.92. The zero-order chi connectivity index (χ0) is 21.3. The van der Waals surface area contributed by atoms with Crippen LogP contribution in [0.1, 0.15) is 40.7 Å². The largest absolute Gasteiger partial charge is 0.507 e. The lowest BCUT2D eigenvalue weighted by atomic mass is 9.96. The zero-order valence-corrected chi connectivity index (χ0v) is 17.7. The number of likely N-dealkylation sites (tertiary alicyclic amines) is 1. The van der Waals surface area contributed by atoms with Gasteiger partial charge in [-0.2, -0.15) is 0 Å². The molecule has 1 fully saturated rings. The van der Waals surface area contributed by atoms with Crippen LogP contribution in [0.3, 0.4) is 0 Å². The lowest BCUT2D eigenvalue weighted by Gasteiger charge is -2.23. The molecule has 0 radical (unpaired) electrons. The van der Waals surface area contributed by atoms with Crippen LogP contribution in [0.25, 0.3) is 5.76 Å². The van der Waals surface area contributed by atoms with Crippen LogP contribution in [0.5, 0.6) is 0 Å². The number of benzene rings is 1. The predicted octanol–water partition coefficient (Wildman–Crippen LogP) is 2.16. The molecule has 2 aromatic rings. The second-order valence-corrected chi connectivity index (χ2v) is 8.07. The number of aliphatic hydroxyl groups excluding tert-OH is 1. The summed E-state index contributed by atoms with van der Waals surface area (Å²) in [5, 5.41) is 11.1. The van der Waals surface area contributed by atoms with E-state index in [4.69, 9.17) is 4.42 Å². The highest BCUT2D eigenvalue weighted by molar-refractivity contribution is 6.46. The van der Waals surface area contributed by atoms with E-state index in [1.165, 1.54) is 9.80 Å². The lowest BCUT2D eigenvalue weighted by molar-refractivity contribution is -0.858. The summed E-state index contributed by atoms with van der Waals surface area (Å²) >= 11 is 0. The van der Waals surface area contributed by atoms with Crippen LogP contribution in [-0.4, -0.2) is 48.9 Å². The van der Waals surface area contributed by atoms with Crippen molar-refractivity contribution in [3.05, 3.63) is 64.1 Å². The Balaban J connectivity index is 2.11. The van der Waals surface area contributed by atoms with Crippen molar-refractivity contribution in [1.82, 2.24) is 4.90 Å². The molecular formula is C23H29N2O4+. The number of furan rings is 1. The molecule has 29 heavy (non-hydrogen) atoms. The van der Waals surface area contributed by atoms with Crippen molar-refractivity contribution in [2.45, 2.75) is 33.2 Å². The molecule has 1 amide bonds. The molecular weight excluding hydrogens is 368 g/mol. The average Bonchev–Trinajstić information content (AvgIpc) is 3.19. The van der Waals surface area contributed by atoms with E-state index < -0.39 is 17.7 Å². The number of hydrogen-bond donors (Lipinski definition) is 2. The van der Waals surface area contributed by atoms with E-state index in [0.717, 1.165) is 24.1 Å². The van der Waals surface area contributed by atoms with Gasteiger partial charge in [-0.3, -0.25) is 9.59 Å². The first-order valence-corrected chi connectivity index (χ1v) is 9.92. The number of amides is 1. The Morgan fingerprint density at radius 3 is 2.48 bits per heavy atom. The second kappa shape index (κ2) is 8.25. The minimum absolute atomic E-state index is 0.0928. The fourth-order valence-electron chi connectivity index (χ4n) is 3.75. The van der Waals surface area contributed by atoms with E-state index in [9.17, 15) is 14.7 Å². The molecule has 0 aliphatic carbocycles. The van der Waals surface area contributed by atoms with Crippen LogP contribution in [0.2, 0.25) is 0 Å². The number of Topliss-reactive ketones (excluding diaryl/α,β-unsaturated/α-hetero) is 1. The smallest absolute Gasteiger partial charge is 0.295 e. The van der Waals surface area contributed by atoms with Gasteiger partial charge in [0, 0.05) is 18.5 Å². The molecule has 1 atom stereocenters. The number of quaternary nitrogens is 1. The Morgan fingerprint density at radius 2 is 1.86 bits per heavy atom. The molecule has 1 aromatic carbocycles. The highest BCUT2D eigenvalue weighted by Crippen LogP contribution is 2.40. The molecule has 6 nitrogen and oxygen atoms in total. The van der Waals surface area contributed by atoms with Gasteiger partial charge in [-0.15, -0.1) is 0 Å². The molecule has 2 N–H and O–H groups in total. The lowest BCUT2D eigenvalue weighted by Crippen LogP contribution is -3.05. The Labute approximate surface area is 171 Å². The molecule has 2 heterocycles. The molecule has 1 saturated heterocycles. The molecule has 1 aliphatic rings.